The van der Waals surface area contributed by atoms with E-state index in [0.717, 1.165) is 22.6 Å². The lowest BCUT2D eigenvalue weighted by Crippen LogP contribution is -2.06. The van der Waals surface area contributed by atoms with E-state index in [1.807, 2.05) is 36.4 Å². The summed E-state index contributed by atoms with van der Waals surface area (Å²) in [6, 6.07) is 16.6. The van der Waals surface area contributed by atoms with Gasteiger partial charge in [-0.2, -0.15) is 5.26 Å². The topological polar surface area (TPSA) is 82.9 Å². The van der Waals surface area contributed by atoms with Crippen LogP contribution >= 0.6 is 0 Å². The van der Waals surface area contributed by atoms with Gasteiger partial charge in [0.15, 0.2) is 12.6 Å². The number of fused-ring (bicyclic) bond motifs is 1. The van der Waals surface area contributed by atoms with Crippen LogP contribution in [0.1, 0.15) is 20.8 Å². The van der Waals surface area contributed by atoms with Gasteiger partial charge in [-0.25, -0.2) is 4.98 Å². The van der Waals surface area contributed by atoms with E-state index in [0.29, 0.717) is 34.5 Å². The first-order chi connectivity index (χ1) is 12.7. The second kappa shape index (κ2) is 7.41. The standard InChI is InChI=1S/C21H15N3O2/c1-14(10-22)11-23-21-17(12-25)8-6-15-5-7-16(9-19(15)21)20-4-2-3-18(13-26)24-20/h2-9,12-13,23H,1,11H2. The normalized spacial score (nSPS) is 10.1. The van der Waals surface area contributed by atoms with Gasteiger partial charge in [0.05, 0.1) is 17.5 Å². The summed E-state index contributed by atoms with van der Waals surface area (Å²) in [6.45, 7) is 3.90. The molecule has 2 aromatic carbocycles. The van der Waals surface area contributed by atoms with Crippen LogP contribution in [0.2, 0.25) is 0 Å². The smallest absolute Gasteiger partial charge is 0.168 e. The number of anilines is 1. The maximum absolute atomic E-state index is 11.4. The first kappa shape index (κ1) is 17.1. The zero-order valence-electron chi connectivity index (χ0n) is 13.9. The van der Waals surface area contributed by atoms with E-state index in [4.69, 9.17) is 5.26 Å². The first-order valence-corrected chi connectivity index (χ1v) is 7.92. The molecule has 1 N–H and O–H groups in total. The summed E-state index contributed by atoms with van der Waals surface area (Å²) in [5.74, 6) is 0. The number of rotatable bonds is 6. The second-order valence-corrected chi connectivity index (χ2v) is 5.72. The lowest BCUT2D eigenvalue weighted by Gasteiger charge is -2.13. The van der Waals surface area contributed by atoms with Crippen LogP contribution in [-0.4, -0.2) is 24.1 Å². The van der Waals surface area contributed by atoms with Gasteiger partial charge >= 0.3 is 0 Å². The lowest BCUT2D eigenvalue weighted by molar-refractivity contribution is 0.111. The summed E-state index contributed by atoms with van der Waals surface area (Å²) >= 11 is 0. The number of hydrogen-bond acceptors (Lipinski definition) is 5. The van der Waals surface area contributed by atoms with Gasteiger partial charge in [0.2, 0.25) is 0 Å². The highest BCUT2D eigenvalue weighted by Crippen LogP contribution is 2.31. The van der Waals surface area contributed by atoms with Crippen LogP contribution < -0.4 is 5.32 Å². The third-order valence-corrected chi connectivity index (χ3v) is 4.00. The van der Waals surface area contributed by atoms with Gasteiger partial charge in [-0.1, -0.05) is 30.8 Å². The zero-order valence-corrected chi connectivity index (χ0v) is 13.9. The Kier molecular flexibility index (Phi) is 4.86. The van der Waals surface area contributed by atoms with Crippen LogP contribution in [0.25, 0.3) is 22.0 Å². The third kappa shape index (κ3) is 3.35. The van der Waals surface area contributed by atoms with E-state index >= 15 is 0 Å². The molecule has 0 bridgehead atoms. The number of hydrogen-bond donors (Lipinski definition) is 1. The van der Waals surface area contributed by atoms with Gasteiger partial charge in [0.1, 0.15) is 5.69 Å². The molecular formula is C21H15N3O2. The van der Waals surface area contributed by atoms with Crippen LogP contribution in [0.4, 0.5) is 5.69 Å². The number of nitriles is 1. The van der Waals surface area contributed by atoms with Crippen molar-refractivity contribution >= 4 is 29.0 Å². The molecule has 3 aromatic rings. The fourth-order valence-electron chi connectivity index (χ4n) is 2.70. The Morgan fingerprint density at radius 3 is 2.69 bits per heavy atom. The van der Waals surface area contributed by atoms with Crippen LogP contribution in [0.3, 0.4) is 0 Å². The lowest BCUT2D eigenvalue weighted by atomic mass is 10.00. The predicted molar refractivity (Wildman–Crippen MR) is 101 cm³/mol. The maximum Gasteiger partial charge on any atom is 0.168 e. The Hall–Kier alpha value is -3.78. The molecule has 0 unspecified atom stereocenters. The van der Waals surface area contributed by atoms with E-state index in [1.54, 1.807) is 18.2 Å². The molecule has 5 nitrogen and oxygen atoms in total. The number of nitrogens with one attached hydrogen (secondary N) is 1. The summed E-state index contributed by atoms with van der Waals surface area (Å²) in [6.07, 6.45) is 1.48. The molecule has 0 fully saturated rings. The van der Waals surface area contributed by atoms with Crippen molar-refractivity contribution in [2.24, 2.45) is 0 Å². The molecule has 5 heteroatoms. The number of pyridine rings is 1. The molecule has 26 heavy (non-hydrogen) atoms. The average molecular weight is 341 g/mol. The summed E-state index contributed by atoms with van der Waals surface area (Å²) in [5.41, 5.74) is 3.35. The fourth-order valence-corrected chi connectivity index (χ4v) is 2.70. The molecule has 0 aliphatic rings. The second-order valence-electron chi connectivity index (χ2n) is 5.72. The van der Waals surface area contributed by atoms with Crippen molar-refractivity contribution in [2.45, 2.75) is 0 Å². The van der Waals surface area contributed by atoms with Crippen LogP contribution in [0, 0.1) is 11.3 Å². The minimum absolute atomic E-state index is 0.250. The van der Waals surface area contributed by atoms with Crippen molar-refractivity contribution < 1.29 is 9.59 Å². The molecule has 0 aliphatic heterocycles. The fraction of sp³-hybridized carbons (Fsp3) is 0.0476. The average Bonchev–Trinajstić information content (AvgIpc) is 2.71. The highest BCUT2D eigenvalue weighted by molar-refractivity contribution is 6.03. The Morgan fingerprint density at radius 1 is 1.15 bits per heavy atom. The molecule has 3 rings (SSSR count). The van der Waals surface area contributed by atoms with Gasteiger partial charge in [-0.15, -0.1) is 0 Å². The quantitative estimate of drug-likeness (QED) is 0.541. The SMILES string of the molecule is C=C(C#N)CNc1c(C=O)ccc2ccc(-c3cccc(C=O)n3)cc12. The van der Waals surface area contributed by atoms with Crippen molar-refractivity contribution in [3.8, 4) is 17.3 Å². The largest absolute Gasteiger partial charge is 0.379 e. The van der Waals surface area contributed by atoms with E-state index in [-0.39, 0.29) is 6.54 Å². The molecule has 126 valence electrons. The first-order valence-electron chi connectivity index (χ1n) is 7.92. The number of aldehydes is 2. The van der Waals surface area contributed by atoms with Crippen molar-refractivity contribution in [3.63, 3.8) is 0 Å². The van der Waals surface area contributed by atoms with Crippen LogP contribution in [-0.2, 0) is 0 Å². The van der Waals surface area contributed by atoms with Gasteiger partial charge in [0, 0.05) is 28.6 Å². The number of carbonyl (C=O) groups excluding carboxylic acids is 2. The Balaban J connectivity index is 2.14. The van der Waals surface area contributed by atoms with E-state index in [1.165, 1.54) is 0 Å². The van der Waals surface area contributed by atoms with Gasteiger partial charge in [0.25, 0.3) is 0 Å². The Morgan fingerprint density at radius 2 is 1.96 bits per heavy atom. The molecule has 0 atom stereocenters. The van der Waals surface area contributed by atoms with Crippen LogP contribution in [0.15, 0.2) is 60.7 Å². The molecule has 1 aromatic heterocycles. The van der Waals surface area contributed by atoms with Crippen molar-refractivity contribution in [1.82, 2.24) is 4.98 Å². The van der Waals surface area contributed by atoms with Crippen molar-refractivity contribution in [1.29, 1.82) is 5.26 Å². The number of nitrogens with zero attached hydrogens (tertiary/aromatic N) is 2. The Labute approximate surface area is 150 Å². The van der Waals surface area contributed by atoms with Gasteiger partial charge < -0.3 is 5.32 Å². The molecule has 0 aliphatic carbocycles. The molecule has 0 saturated carbocycles. The minimum atomic E-state index is 0.250. The molecule has 1 heterocycles. The van der Waals surface area contributed by atoms with E-state index in [2.05, 4.69) is 16.9 Å². The number of aromatic nitrogens is 1. The molecular weight excluding hydrogens is 326 g/mol. The predicted octanol–water partition coefficient (Wildman–Crippen LogP) is 4.02. The summed E-state index contributed by atoms with van der Waals surface area (Å²) < 4.78 is 0. The van der Waals surface area contributed by atoms with Crippen LogP contribution in [0.5, 0.6) is 0 Å². The molecule has 0 amide bonds. The number of benzene rings is 2. The maximum atomic E-state index is 11.4. The summed E-state index contributed by atoms with van der Waals surface area (Å²) in [7, 11) is 0. The number of carbonyl (C=O) groups is 2. The van der Waals surface area contributed by atoms with Gasteiger partial charge in [-0.05, 0) is 29.7 Å². The highest BCUT2D eigenvalue weighted by atomic mass is 16.1. The monoisotopic (exact) mass is 341 g/mol. The summed E-state index contributed by atoms with van der Waals surface area (Å²) in [4.78, 5) is 26.7. The summed E-state index contributed by atoms with van der Waals surface area (Å²) in [5, 5.41) is 13.8. The van der Waals surface area contributed by atoms with Crippen molar-refractivity contribution in [2.75, 3.05) is 11.9 Å². The van der Waals surface area contributed by atoms with Crippen molar-refractivity contribution in [3.05, 3.63) is 71.9 Å². The zero-order chi connectivity index (χ0) is 18.5. The van der Waals surface area contributed by atoms with E-state index < -0.39 is 0 Å². The molecule has 0 spiro atoms. The Bertz CT molecular complexity index is 1060. The molecule has 0 radical (unpaired) electrons. The van der Waals surface area contributed by atoms with E-state index in [9.17, 15) is 9.59 Å². The third-order valence-electron chi connectivity index (χ3n) is 4.00. The molecule has 0 saturated heterocycles. The van der Waals surface area contributed by atoms with Gasteiger partial charge in [-0.3, -0.25) is 9.59 Å². The minimum Gasteiger partial charge on any atom is -0.379 e. The highest BCUT2D eigenvalue weighted by Gasteiger charge is 2.10.